The van der Waals surface area contributed by atoms with E-state index >= 15 is 0 Å². The summed E-state index contributed by atoms with van der Waals surface area (Å²) in [5.74, 6) is 0.475. The third-order valence-corrected chi connectivity index (χ3v) is 8.81. The van der Waals surface area contributed by atoms with E-state index in [1.54, 1.807) is 18.3 Å². The molecule has 5 aromatic rings. The van der Waals surface area contributed by atoms with Crippen molar-refractivity contribution in [2.75, 3.05) is 5.32 Å². The van der Waals surface area contributed by atoms with Gasteiger partial charge in [-0.1, -0.05) is 42.0 Å². The zero-order valence-electron chi connectivity index (χ0n) is 21.7. The van der Waals surface area contributed by atoms with Crippen molar-refractivity contribution in [3.8, 4) is 17.0 Å². The van der Waals surface area contributed by atoms with Crippen LogP contribution >= 0.6 is 72.4 Å². The molecule has 0 aliphatic rings. The second-order valence-corrected chi connectivity index (χ2v) is 13.2. The molecule has 0 saturated carbocycles. The van der Waals surface area contributed by atoms with Gasteiger partial charge in [-0.3, -0.25) is 4.79 Å². The van der Waals surface area contributed by atoms with Crippen molar-refractivity contribution in [3.63, 3.8) is 0 Å². The van der Waals surface area contributed by atoms with Crippen molar-refractivity contribution >= 4 is 95.4 Å². The Hall–Kier alpha value is -2.81. The summed E-state index contributed by atoms with van der Waals surface area (Å²) in [5, 5.41) is 10.3. The molecule has 0 bridgehead atoms. The van der Waals surface area contributed by atoms with Gasteiger partial charge >= 0.3 is 0 Å². The number of carbonyl (C=O) groups excluding carboxylic acids is 1. The quantitative estimate of drug-likeness (QED) is 0.0882. The Labute approximate surface area is 278 Å². The first-order chi connectivity index (χ1) is 19.8. The summed E-state index contributed by atoms with van der Waals surface area (Å²) in [6, 6.07) is 27.6. The van der Waals surface area contributed by atoms with Gasteiger partial charge in [-0.25, -0.2) is 10.4 Å². The molecule has 0 aliphatic carbocycles. The van der Waals surface area contributed by atoms with Gasteiger partial charge in [0.25, 0.3) is 5.91 Å². The number of carbonyl (C=O) groups is 1. The number of hydrogen-bond acceptors (Lipinski definition) is 6. The summed E-state index contributed by atoms with van der Waals surface area (Å²) in [4.78, 5) is 17.3. The average molecular weight is 849 g/mol. The zero-order chi connectivity index (χ0) is 28.8. The van der Waals surface area contributed by atoms with E-state index < -0.39 is 0 Å². The minimum absolute atomic E-state index is 0.293. The molecule has 1 amide bonds. The predicted octanol–water partition coefficient (Wildman–Crippen LogP) is 9.18. The van der Waals surface area contributed by atoms with E-state index in [1.165, 1.54) is 20.5 Å². The van der Waals surface area contributed by atoms with Crippen molar-refractivity contribution in [3.05, 3.63) is 124 Å². The van der Waals surface area contributed by atoms with Crippen LogP contribution < -0.4 is 15.5 Å². The molecule has 0 saturated heterocycles. The maximum absolute atomic E-state index is 12.7. The number of rotatable bonds is 9. The van der Waals surface area contributed by atoms with Crippen LogP contribution in [0.2, 0.25) is 0 Å². The third-order valence-electron chi connectivity index (χ3n) is 5.95. The topological polar surface area (TPSA) is 75.6 Å². The number of hydrazone groups is 1. The Morgan fingerprint density at radius 2 is 1.76 bits per heavy atom. The van der Waals surface area contributed by atoms with Gasteiger partial charge in [0.1, 0.15) is 12.4 Å². The monoisotopic (exact) mass is 848 g/mol. The van der Waals surface area contributed by atoms with Crippen LogP contribution in [-0.2, 0) is 6.61 Å². The molecule has 0 radical (unpaired) electrons. The van der Waals surface area contributed by atoms with E-state index in [9.17, 15) is 4.79 Å². The smallest absolute Gasteiger partial charge is 0.271 e. The highest BCUT2D eigenvalue weighted by molar-refractivity contribution is 14.1. The highest BCUT2D eigenvalue weighted by Gasteiger charge is 2.11. The van der Waals surface area contributed by atoms with Crippen LogP contribution in [0.25, 0.3) is 11.3 Å². The fraction of sp³-hybridized carbons (Fsp3) is 0.0645. The van der Waals surface area contributed by atoms with Gasteiger partial charge in [-0.05, 0) is 128 Å². The molecular weight excluding hydrogens is 826 g/mol. The average Bonchev–Trinajstić information content (AvgIpc) is 3.43. The molecule has 206 valence electrons. The van der Waals surface area contributed by atoms with E-state index in [0.29, 0.717) is 12.2 Å². The van der Waals surface area contributed by atoms with Gasteiger partial charge in [-0.15, -0.1) is 11.3 Å². The highest BCUT2D eigenvalue weighted by atomic mass is 127. The van der Waals surface area contributed by atoms with Gasteiger partial charge in [-0.2, -0.15) is 5.10 Å². The van der Waals surface area contributed by atoms with Crippen molar-refractivity contribution in [2.45, 2.75) is 13.5 Å². The highest BCUT2D eigenvalue weighted by Crippen LogP contribution is 2.32. The Morgan fingerprint density at radius 1 is 1.02 bits per heavy atom. The molecule has 41 heavy (non-hydrogen) atoms. The predicted molar refractivity (Wildman–Crippen MR) is 187 cm³/mol. The van der Waals surface area contributed by atoms with E-state index in [-0.39, 0.29) is 5.91 Å². The molecular formula is C31H23BrI2N4O2S. The molecule has 5 rings (SSSR count). The van der Waals surface area contributed by atoms with Gasteiger partial charge < -0.3 is 10.1 Å². The minimum Gasteiger partial charge on any atom is -0.487 e. The second kappa shape index (κ2) is 13.9. The number of nitrogens with zero attached hydrogens (tertiary/aromatic N) is 2. The molecule has 0 aliphatic heterocycles. The van der Waals surface area contributed by atoms with Gasteiger partial charge in [0.15, 0.2) is 5.13 Å². The maximum atomic E-state index is 12.7. The largest absolute Gasteiger partial charge is 0.487 e. The summed E-state index contributed by atoms with van der Waals surface area (Å²) >= 11 is 9.65. The summed E-state index contributed by atoms with van der Waals surface area (Å²) in [7, 11) is 0. The number of nitrogens with one attached hydrogen (secondary N) is 2. The summed E-state index contributed by atoms with van der Waals surface area (Å²) < 4.78 is 8.98. The van der Waals surface area contributed by atoms with Crippen molar-refractivity contribution < 1.29 is 9.53 Å². The van der Waals surface area contributed by atoms with E-state index in [4.69, 9.17) is 4.74 Å². The van der Waals surface area contributed by atoms with E-state index in [1.807, 2.05) is 41.8 Å². The molecule has 0 atom stereocenters. The normalized spacial score (nSPS) is 11.0. The maximum Gasteiger partial charge on any atom is 0.271 e. The van der Waals surface area contributed by atoms with E-state index in [0.717, 1.165) is 47.0 Å². The number of aryl methyl sites for hydroxylation is 1. The van der Waals surface area contributed by atoms with Crippen LogP contribution in [0.15, 0.2) is 99.9 Å². The lowest BCUT2D eigenvalue weighted by atomic mass is 10.1. The lowest BCUT2D eigenvalue weighted by Crippen LogP contribution is -2.17. The number of thiazole rings is 1. The third kappa shape index (κ3) is 8.15. The SMILES string of the molecule is Cc1ccc(Nc2nc(-c3ccc(C(=O)N/N=C\c4cc(Br)c(OCc5ccc(I)cc5)c(I)c4)cc3)cs2)cc1. The zero-order valence-corrected chi connectivity index (χ0v) is 28.4. The Kier molecular flexibility index (Phi) is 10.1. The molecule has 0 spiro atoms. The number of amides is 1. The molecule has 6 nitrogen and oxygen atoms in total. The van der Waals surface area contributed by atoms with Crippen molar-refractivity contribution in [2.24, 2.45) is 5.10 Å². The van der Waals surface area contributed by atoms with Crippen LogP contribution in [-0.4, -0.2) is 17.1 Å². The van der Waals surface area contributed by atoms with Crippen LogP contribution in [0.1, 0.15) is 27.0 Å². The van der Waals surface area contributed by atoms with Crippen LogP contribution in [0.4, 0.5) is 10.8 Å². The molecule has 1 aromatic heterocycles. The fourth-order valence-corrected chi connectivity index (χ4v) is 6.64. The Bertz CT molecular complexity index is 1670. The first kappa shape index (κ1) is 29.7. The lowest BCUT2D eigenvalue weighted by molar-refractivity contribution is 0.0955. The molecule has 4 aromatic carbocycles. The number of hydrogen-bond donors (Lipinski definition) is 2. The van der Waals surface area contributed by atoms with Crippen molar-refractivity contribution in [1.82, 2.24) is 10.4 Å². The summed E-state index contributed by atoms with van der Waals surface area (Å²) in [6.45, 7) is 2.53. The fourth-order valence-electron chi connectivity index (χ4n) is 3.77. The first-order valence-electron chi connectivity index (χ1n) is 12.4. The number of aromatic nitrogens is 1. The summed E-state index contributed by atoms with van der Waals surface area (Å²) in [5.41, 5.74) is 9.03. The number of ether oxygens (including phenoxy) is 1. The Morgan fingerprint density at radius 3 is 2.46 bits per heavy atom. The number of benzene rings is 4. The molecule has 10 heteroatoms. The van der Waals surface area contributed by atoms with Crippen LogP contribution in [0, 0.1) is 14.1 Å². The van der Waals surface area contributed by atoms with Crippen LogP contribution in [0.5, 0.6) is 5.75 Å². The molecule has 2 N–H and O–H groups in total. The van der Waals surface area contributed by atoms with Gasteiger partial charge in [0.2, 0.25) is 0 Å². The number of anilines is 2. The van der Waals surface area contributed by atoms with Crippen molar-refractivity contribution in [1.29, 1.82) is 0 Å². The van der Waals surface area contributed by atoms with Gasteiger partial charge in [0.05, 0.1) is 20.0 Å². The molecule has 0 unspecified atom stereocenters. The second-order valence-electron chi connectivity index (χ2n) is 9.03. The number of halogens is 3. The minimum atomic E-state index is -0.293. The summed E-state index contributed by atoms with van der Waals surface area (Å²) in [6.07, 6.45) is 1.61. The van der Waals surface area contributed by atoms with E-state index in [2.05, 4.69) is 125 Å². The first-order valence-corrected chi connectivity index (χ1v) is 16.3. The standard InChI is InChI=1S/C31H23BrI2N4O2S/c1-19-2-12-25(13-3-19)36-31-37-28(18-41-31)22-6-8-23(9-7-22)30(39)38-35-16-21-14-26(32)29(27(34)15-21)40-17-20-4-10-24(33)11-5-20/h2-16,18H,17H2,1H3,(H,36,37)(H,38,39)/b35-16-. The molecule has 1 heterocycles. The lowest BCUT2D eigenvalue weighted by Gasteiger charge is -2.11. The van der Waals surface area contributed by atoms with Gasteiger partial charge in [0, 0.05) is 25.8 Å². The molecule has 0 fully saturated rings. The van der Waals surface area contributed by atoms with Crippen LogP contribution in [0.3, 0.4) is 0 Å². The Balaban J connectivity index is 1.16.